The fraction of sp³-hybridized carbons (Fsp3) is 0.421. The van der Waals surface area contributed by atoms with E-state index in [0.717, 1.165) is 24.1 Å². The number of carbonyl (C=O) groups excluding carboxylic acids is 2. The molecule has 2 fully saturated rings. The molecule has 2 atom stereocenters. The van der Waals surface area contributed by atoms with E-state index in [0.29, 0.717) is 17.3 Å². The van der Waals surface area contributed by atoms with Gasteiger partial charge in [0.25, 0.3) is 0 Å². The first kappa shape index (κ1) is 17.5. The molecule has 0 radical (unpaired) electrons. The number of aromatic nitrogens is 1. The molecular weight excluding hydrogens is 366 g/mol. The van der Waals surface area contributed by atoms with Gasteiger partial charge in [0.15, 0.2) is 5.13 Å². The van der Waals surface area contributed by atoms with Gasteiger partial charge in [0.05, 0.1) is 10.6 Å². The van der Waals surface area contributed by atoms with Crippen LogP contribution >= 0.6 is 23.1 Å². The lowest BCUT2D eigenvalue weighted by molar-refractivity contribution is -0.135. The Morgan fingerprint density at radius 2 is 2.15 bits per heavy atom. The summed E-state index contributed by atoms with van der Waals surface area (Å²) < 4.78 is 0. The number of benzene rings is 1. The van der Waals surface area contributed by atoms with Crippen LogP contribution in [0.15, 0.2) is 29.6 Å². The number of fused-ring (bicyclic) bond motifs is 1. The van der Waals surface area contributed by atoms with E-state index in [4.69, 9.17) is 0 Å². The molecule has 2 aromatic rings. The number of anilines is 1. The SMILES string of the molecule is CCc1ccc(-c2csc(NC(=O)[C@@H]3CS[C@@]4(C)CCC(=O)N34)n2)cc1. The molecule has 136 valence electrons. The molecule has 2 saturated heterocycles. The number of hydrogen-bond acceptors (Lipinski definition) is 5. The van der Waals surface area contributed by atoms with E-state index >= 15 is 0 Å². The van der Waals surface area contributed by atoms with Crippen molar-refractivity contribution in [1.29, 1.82) is 0 Å². The molecule has 26 heavy (non-hydrogen) atoms. The molecular formula is C19H21N3O2S2. The third kappa shape index (κ3) is 3.03. The molecule has 2 aliphatic rings. The monoisotopic (exact) mass is 387 g/mol. The summed E-state index contributed by atoms with van der Waals surface area (Å²) in [5, 5.41) is 5.44. The average molecular weight is 388 g/mol. The Balaban J connectivity index is 1.47. The summed E-state index contributed by atoms with van der Waals surface area (Å²) in [5.41, 5.74) is 3.18. The summed E-state index contributed by atoms with van der Waals surface area (Å²) in [6.07, 6.45) is 2.35. The van der Waals surface area contributed by atoms with Gasteiger partial charge in [0.1, 0.15) is 6.04 Å². The molecule has 5 nitrogen and oxygen atoms in total. The highest BCUT2D eigenvalue weighted by Crippen LogP contribution is 2.47. The van der Waals surface area contributed by atoms with E-state index in [9.17, 15) is 9.59 Å². The molecule has 0 spiro atoms. The Bertz CT molecular complexity index is 849. The van der Waals surface area contributed by atoms with Crippen LogP contribution in [0, 0.1) is 0 Å². The maximum atomic E-state index is 12.7. The first-order valence-corrected chi connectivity index (χ1v) is 10.7. The summed E-state index contributed by atoms with van der Waals surface area (Å²) in [5.74, 6) is 0.581. The number of amides is 2. The van der Waals surface area contributed by atoms with Crippen LogP contribution in [0.5, 0.6) is 0 Å². The predicted molar refractivity (Wildman–Crippen MR) is 106 cm³/mol. The van der Waals surface area contributed by atoms with Gasteiger partial charge >= 0.3 is 0 Å². The highest BCUT2D eigenvalue weighted by atomic mass is 32.2. The van der Waals surface area contributed by atoms with Gasteiger partial charge in [0.2, 0.25) is 11.8 Å². The fourth-order valence-electron chi connectivity index (χ4n) is 3.58. The number of rotatable bonds is 4. The van der Waals surface area contributed by atoms with Crippen LogP contribution in [0.1, 0.15) is 32.3 Å². The maximum absolute atomic E-state index is 12.7. The summed E-state index contributed by atoms with van der Waals surface area (Å²) in [4.78, 5) is 31.0. The number of thioether (sulfide) groups is 1. The molecule has 2 amide bonds. The highest BCUT2D eigenvalue weighted by molar-refractivity contribution is 8.01. The molecule has 1 aromatic heterocycles. The number of nitrogens with one attached hydrogen (secondary N) is 1. The van der Waals surface area contributed by atoms with Crippen molar-refractivity contribution in [2.24, 2.45) is 0 Å². The van der Waals surface area contributed by atoms with Crippen molar-refractivity contribution < 1.29 is 9.59 Å². The van der Waals surface area contributed by atoms with Crippen LogP contribution in [0.25, 0.3) is 11.3 Å². The van der Waals surface area contributed by atoms with Crippen molar-refractivity contribution in [2.45, 2.75) is 44.0 Å². The van der Waals surface area contributed by atoms with Crippen LogP contribution in [0.3, 0.4) is 0 Å². The topological polar surface area (TPSA) is 62.3 Å². The van der Waals surface area contributed by atoms with Gasteiger partial charge in [-0.05, 0) is 25.3 Å². The number of hydrogen-bond donors (Lipinski definition) is 1. The number of aryl methyl sites for hydroxylation is 1. The van der Waals surface area contributed by atoms with Crippen LogP contribution in [-0.2, 0) is 16.0 Å². The van der Waals surface area contributed by atoms with Crippen LogP contribution in [0.2, 0.25) is 0 Å². The highest BCUT2D eigenvalue weighted by Gasteiger charge is 2.52. The molecule has 0 saturated carbocycles. The predicted octanol–water partition coefficient (Wildman–Crippen LogP) is 3.77. The number of thiazole rings is 1. The Morgan fingerprint density at radius 3 is 2.88 bits per heavy atom. The van der Waals surface area contributed by atoms with Gasteiger partial charge in [0, 0.05) is 23.1 Å². The molecule has 0 unspecified atom stereocenters. The van der Waals surface area contributed by atoms with Crippen LogP contribution in [0.4, 0.5) is 5.13 Å². The largest absolute Gasteiger partial charge is 0.315 e. The van der Waals surface area contributed by atoms with Crippen molar-refractivity contribution >= 4 is 40.0 Å². The normalized spacial score (nSPS) is 24.8. The molecule has 2 aliphatic heterocycles. The first-order valence-electron chi connectivity index (χ1n) is 8.82. The molecule has 1 aromatic carbocycles. The van der Waals surface area contributed by atoms with Gasteiger partial charge < -0.3 is 10.2 Å². The quantitative estimate of drug-likeness (QED) is 0.868. The smallest absolute Gasteiger partial charge is 0.249 e. The summed E-state index contributed by atoms with van der Waals surface area (Å²) in [6.45, 7) is 4.18. The zero-order chi connectivity index (χ0) is 18.3. The van der Waals surface area contributed by atoms with Crippen LogP contribution in [-0.4, -0.2) is 38.4 Å². The van der Waals surface area contributed by atoms with Crippen molar-refractivity contribution in [1.82, 2.24) is 9.88 Å². The average Bonchev–Trinajstić information content (AvgIpc) is 3.31. The van der Waals surface area contributed by atoms with Gasteiger partial charge in [-0.15, -0.1) is 23.1 Å². The molecule has 7 heteroatoms. The minimum atomic E-state index is -0.406. The lowest BCUT2D eigenvalue weighted by atomic mass is 10.1. The Morgan fingerprint density at radius 1 is 1.38 bits per heavy atom. The minimum Gasteiger partial charge on any atom is -0.315 e. The lowest BCUT2D eigenvalue weighted by Gasteiger charge is -2.29. The number of carbonyl (C=O) groups is 2. The number of nitrogens with zero attached hydrogens (tertiary/aromatic N) is 2. The van der Waals surface area contributed by atoms with Crippen LogP contribution < -0.4 is 5.32 Å². The first-order chi connectivity index (χ1) is 12.5. The standard InChI is InChI=1S/C19H21N3O2S2/c1-3-12-4-6-13(7-5-12)14-10-25-18(20-14)21-17(24)15-11-26-19(2)9-8-16(23)22(15)19/h4-7,10,15H,3,8-9,11H2,1-2H3,(H,20,21,24)/t15-,19-/m0/s1. The maximum Gasteiger partial charge on any atom is 0.249 e. The Kier molecular flexibility index (Phi) is 4.52. The van der Waals surface area contributed by atoms with E-state index in [1.807, 2.05) is 5.38 Å². The second-order valence-electron chi connectivity index (χ2n) is 6.84. The van der Waals surface area contributed by atoms with E-state index in [2.05, 4.69) is 48.4 Å². The molecule has 3 heterocycles. The van der Waals surface area contributed by atoms with E-state index in [1.165, 1.54) is 16.9 Å². The van der Waals surface area contributed by atoms with E-state index < -0.39 is 6.04 Å². The molecule has 1 N–H and O–H groups in total. The van der Waals surface area contributed by atoms with Crippen molar-refractivity contribution in [3.8, 4) is 11.3 Å². The summed E-state index contributed by atoms with van der Waals surface area (Å²) in [7, 11) is 0. The summed E-state index contributed by atoms with van der Waals surface area (Å²) in [6, 6.07) is 7.91. The van der Waals surface area contributed by atoms with Gasteiger partial charge in [-0.25, -0.2) is 4.98 Å². The third-order valence-electron chi connectivity index (χ3n) is 5.14. The Hall–Kier alpha value is -1.86. The molecule has 0 aliphatic carbocycles. The van der Waals surface area contributed by atoms with Gasteiger partial charge in [-0.2, -0.15) is 0 Å². The van der Waals surface area contributed by atoms with Crippen molar-refractivity contribution in [3.63, 3.8) is 0 Å². The molecule has 0 bridgehead atoms. The second-order valence-corrected chi connectivity index (χ2v) is 9.20. The molecule has 4 rings (SSSR count). The van der Waals surface area contributed by atoms with E-state index in [1.54, 1.807) is 16.7 Å². The van der Waals surface area contributed by atoms with Gasteiger partial charge in [-0.1, -0.05) is 31.2 Å². The zero-order valence-electron chi connectivity index (χ0n) is 14.8. The van der Waals surface area contributed by atoms with Crippen molar-refractivity contribution in [3.05, 3.63) is 35.2 Å². The zero-order valence-corrected chi connectivity index (χ0v) is 16.5. The lowest BCUT2D eigenvalue weighted by Crippen LogP contribution is -2.48. The fourth-order valence-corrected chi connectivity index (χ4v) is 5.73. The van der Waals surface area contributed by atoms with E-state index in [-0.39, 0.29) is 16.7 Å². The minimum absolute atomic E-state index is 0.0773. The third-order valence-corrected chi connectivity index (χ3v) is 7.40. The Labute approximate surface area is 161 Å². The van der Waals surface area contributed by atoms with Crippen molar-refractivity contribution in [2.75, 3.05) is 11.1 Å². The summed E-state index contributed by atoms with van der Waals surface area (Å²) >= 11 is 3.11. The second kappa shape index (κ2) is 6.70. The van der Waals surface area contributed by atoms with Gasteiger partial charge in [-0.3, -0.25) is 9.59 Å².